The lowest BCUT2D eigenvalue weighted by molar-refractivity contribution is -0.121. The molecule has 3 amide bonds. The number of fused-ring (bicyclic) bond motifs is 1. The first-order valence-corrected chi connectivity index (χ1v) is 16.6. The molecule has 4 rings (SSSR count). The van der Waals surface area contributed by atoms with Crippen LogP contribution in [0.1, 0.15) is 56.9 Å². The number of benzene rings is 1. The molecule has 0 saturated heterocycles. The predicted octanol–water partition coefficient (Wildman–Crippen LogP) is 6.33. The minimum Gasteiger partial charge on any atom is -0.448 e. The highest BCUT2D eigenvalue weighted by Crippen LogP contribution is 2.56. The highest BCUT2D eigenvalue weighted by Gasteiger charge is 2.54. The number of ether oxygens (including phenoxy) is 1. The van der Waals surface area contributed by atoms with E-state index in [2.05, 4.69) is 35.4 Å². The van der Waals surface area contributed by atoms with Gasteiger partial charge >= 0.3 is 12.1 Å². The Morgan fingerprint density at radius 3 is 2.41 bits per heavy atom. The third kappa shape index (κ3) is 4.54. The smallest absolute Gasteiger partial charge is 0.436 e. The fourth-order valence-electron chi connectivity index (χ4n) is 5.34. The Bertz CT molecular complexity index is 1260. The summed E-state index contributed by atoms with van der Waals surface area (Å²) in [4.78, 5) is 41.6. The van der Waals surface area contributed by atoms with Crippen molar-refractivity contribution in [2.75, 3.05) is 17.2 Å². The van der Waals surface area contributed by atoms with Gasteiger partial charge in [0.05, 0.1) is 43.2 Å². The Balaban J connectivity index is 1.69. The zero-order chi connectivity index (χ0) is 27.3. The molecule has 0 radical (unpaired) electrons. The van der Waals surface area contributed by atoms with E-state index in [1.165, 1.54) is 0 Å². The van der Waals surface area contributed by atoms with Crippen molar-refractivity contribution in [1.82, 2.24) is 14.7 Å². The second-order valence-electron chi connectivity index (χ2n) is 11.5. The van der Waals surface area contributed by atoms with Gasteiger partial charge in [-0.05, 0) is 58.2 Å². The van der Waals surface area contributed by atoms with Gasteiger partial charge in [0.2, 0.25) is 5.91 Å². The van der Waals surface area contributed by atoms with Crippen molar-refractivity contribution in [2.24, 2.45) is 0 Å². The molecule has 37 heavy (non-hydrogen) atoms. The van der Waals surface area contributed by atoms with Crippen molar-refractivity contribution in [3.8, 4) is 0 Å². The highest BCUT2D eigenvalue weighted by molar-refractivity contribution is 6.83. The van der Waals surface area contributed by atoms with Crippen LogP contribution in [0.3, 0.4) is 0 Å². The van der Waals surface area contributed by atoms with Crippen LogP contribution < -0.4 is 10.6 Å². The largest absolute Gasteiger partial charge is 0.448 e. The maximum atomic E-state index is 13.7. The second kappa shape index (κ2) is 9.47. The molecule has 1 aliphatic carbocycles. The number of urea groups is 1. The van der Waals surface area contributed by atoms with Gasteiger partial charge in [-0.2, -0.15) is 5.10 Å². The van der Waals surface area contributed by atoms with Crippen molar-refractivity contribution in [2.45, 2.75) is 83.7 Å². The van der Waals surface area contributed by atoms with Crippen molar-refractivity contribution in [1.29, 1.82) is 0 Å². The lowest BCUT2D eigenvalue weighted by atomic mass is 9.83. The van der Waals surface area contributed by atoms with E-state index in [0.29, 0.717) is 22.0 Å². The quantitative estimate of drug-likeness (QED) is 0.427. The molecule has 0 spiro atoms. The highest BCUT2D eigenvalue weighted by atomic mass is 35.5. The Labute approximate surface area is 223 Å². The average molecular weight is 546 g/mol. The third-order valence-electron chi connectivity index (χ3n) is 7.91. The molecule has 1 aliphatic heterocycles. The van der Waals surface area contributed by atoms with Crippen LogP contribution in [0.15, 0.2) is 18.2 Å². The van der Waals surface area contributed by atoms with E-state index in [9.17, 15) is 14.4 Å². The van der Waals surface area contributed by atoms with Crippen LogP contribution >= 0.6 is 11.6 Å². The summed E-state index contributed by atoms with van der Waals surface area (Å²) in [5.74, 6) is 0.193. The SMILES string of the molecule is CCOC(=O)n1nc2c(c1NC(=O)C1([Si](C)(C)C)CCC1)CN(C(=O)Nc1cc(C)ccc1Cl)C2(C)C. The number of hydrogen-bond donors (Lipinski definition) is 2. The van der Waals surface area contributed by atoms with E-state index in [4.69, 9.17) is 16.3 Å². The molecular formula is C26H36ClN5O4Si. The van der Waals surface area contributed by atoms with Gasteiger partial charge in [-0.15, -0.1) is 4.68 Å². The van der Waals surface area contributed by atoms with Crippen LogP contribution in [-0.2, 0) is 21.6 Å². The van der Waals surface area contributed by atoms with Crippen LogP contribution in [-0.4, -0.2) is 47.4 Å². The van der Waals surface area contributed by atoms with Gasteiger partial charge in [0.15, 0.2) is 0 Å². The number of nitrogens with one attached hydrogen (secondary N) is 2. The molecule has 11 heteroatoms. The summed E-state index contributed by atoms with van der Waals surface area (Å²) in [6.07, 6.45) is 2.01. The minimum absolute atomic E-state index is 0.0848. The molecule has 0 unspecified atom stereocenters. The number of nitrogens with zero attached hydrogens (tertiary/aromatic N) is 3. The van der Waals surface area contributed by atoms with Gasteiger partial charge in [0, 0.05) is 10.6 Å². The van der Waals surface area contributed by atoms with Crippen LogP contribution in [0.25, 0.3) is 0 Å². The topological polar surface area (TPSA) is 106 Å². The maximum Gasteiger partial charge on any atom is 0.436 e. The zero-order valence-corrected chi connectivity index (χ0v) is 24.4. The molecule has 9 nitrogen and oxygen atoms in total. The first kappa shape index (κ1) is 27.2. The molecular weight excluding hydrogens is 510 g/mol. The standard InChI is InChI=1S/C26H36ClN5O4Si/c1-8-36-24(35)32-21(29-22(33)26(12-9-13-26)37(5,6)7)17-15-31(25(3,4)20(17)30-32)23(34)28-19-14-16(2)10-11-18(19)27/h10-11,14H,8-9,12-13,15H2,1-7H3,(H,28,34)(H,29,33). The van der Waals surface area contributed by atoms with Crippen molar-refractivity contribution >= 4 is 49.2 Å². The Morgan fingerprint density at radius 2 is 1.84 bits per heavy atom. The number of halogens is 1. The first-order valence-electron chi connectivity index (χ1n) is 12.7. The molecule has 1 aromatic heterocycles. The number of rotatable bonds is 5. The monoisotopic (exact) mass is 545 g/mol. The molecule has 1 aromatic carbocycles. The lowest BCUT2D eigenvalue weighted by Crippen LogP contribution is -2.52. The van der Waals surface area contributed by atoms with Crippen LogP contribution in [0, 0.1) is 6.92 Å². The number of carbonyl (C=O) groups is 3. The summed E-state index contributed by atoms with van der Waals surface area (Å²) < 4.78 is 6.37. The van der Waals surface area contributed by atoms with E-state index in [1.807, 2.05) is 32.9 Å². The van der Waals surface area contributed by atoms with E-state index in [0.717, 1.165) is 29.5 Å². The number of aromatic nitrogens is 2. The number of hydrogen-bond acceptors (Lipinski definition) is 5. The Hall–Kier alpha value is -2.85. The normalized spacial score (nSPS) is 17.6. The molecule has 200 valence electrons. The molecule has 0 atom stereocenters. The van der Waals surface area contributed by atoms with Crippen molar-refractivity contribution in [3.05, 3.63) is 40.0 Å². The fourth-order valence-corrected chi connectivity index (χ4v) is 8.10. The van der Waals surface area contributed by atoms with E-state index < -0.39 is 24.7 Å². The Morgan fingerprint density at radius 1 is 1.16 bits per heavy atom. The number of aryl methyl sites for hydroxylation is 1. The van der Waals surface area contributed by atoms with Gasteiger partial charge in [0.1, 0.15) is 5.82 Å². The van der Waals surface area contributed by atoms with Gasteiger partial charge in [-0.3, -0.25) is 4.79 Å². The van der Waals surface area contributed by atoms with E-state index in [1.54, 1.807) is 17.9 Å². The summed E-state index contributed by atoms with van der Waals surface area (Å²) in [7, 11) is -1.86. The van der Waals surface area contributed by atoms with Crippen LogP contribution in [0.2, 0.25) is 29.7 Å². The summed E-state index contributed by atoms with van der Waals surface area (Å²) >= 11 is 6.31. The summed E-state index contributed by atoms with van der Waals surface area (Å²) in [6.45, 7) is 14.3. The van der Waals surface area contributed by atoms with Gasteiger partial charge in [0.25, 0.3) is 0 Å². The molecule has 2 heterocycles. The summed E-state index contributed by atoms with van der Waals surface area (Å²) in [5, 5.41) is 10.6. The molecule has 2 aromatic rings. The zero-order valence-electron chi connectivity index (χ0n) is 22.6. The van der Waals surface area contributed by atoms with Gasteiger partial charge in [-0.1, -0.05) is 43.7 Å². The fraction of sp³-hybridized carbons (Fsp3) is 0.538. The number of anilines is 2. The summed E-state index contributed by atoms with van der Waals surface area (Å²) in [6, 6.07) is 5.07. The van der Waals surface area contributed by atoms with Gasteiger partial charge < -0.3 is 20.3 Å². The number of carbonyl (C=O) groups excluding carboxylic acids is 3. The third-order valence-corrected chi connectivity index (χ3v) is 11.8. The first-order chi connectivity index (χ1) is 17.2. The van der Waals surface area contributed by atoms with Crippen molar-refractivity contribution < 1.29 is 19.1 Å². The molecule has 1 saturated carbocycles. The predicted molar refractivity (Wildman–Crippen MR) is 147 cm³/mol. The molecule has 0 bridgehead atoms. The lowest BCUT2D eigenvalue weighted by Gasteiger charge is -2.48. The Kier molecular flexibility index (Phi) is 6.96. The maximum absolute atomic E-state index is 13.7. The van der Waals surface area contributed by atoms with Gasteiger partial charge in [-0.25, -0.2) is 9.59 Å². The van der Waals surface area contributed by atoms with Crippen LogP contribution in [0.5, 0.6) is 0 Å². The molecule has 1 fully saturated rings. The number of amides is 3. The van der Waals surface area contributed by atoms with Crippen LogP contribution in [0.4, 0.5) is 21.1 Å². The average Bonchev–Trinajstić information content (AvgIpc) is 3.23. The van der Waals surface area contributed by atoms with Crippen molar-refractivity contribution in [3.63, 3.8) is 0 Å². The molecule has 2 aliphatic rings. The second-order valence-corrected chi connectivity index (χ2v) is 17.3. The minimum atomic E-state index is -1.86. The van der Waals surface area contributed by atoms with E-state index >= 15 is 0 Å². The molecule has 2 N–H and O–H groups in total. The summed E-state index contributed by atoms with van der Waals surface area (Å²) in [5.41, 5.74) is 1.78. The van der Waals surface area contributed by atoms with E-state index in [-0.39, 0.29) is 30.9 Å².